The van der Waals surface area contributed by atoms with Gasteiger partial charge in [-0.15, -0.1) is 0 Å². The highest BCUT2D eigenvalue weighted by atomic mass is 16.3. The molecule has 0 bridgehead atoms. The predicted molar refractivity (Wildman–Crippen MR) is 258 cm³/mol. The second-order valence-electron chi connectivity index (χ2n) is 14.3. The SMILES string of the molecule is [2H]c1ccc(-c2ccc(-c3nc(-c4ccccc4)nc(-n4c5c([2H])c([2H])c([2H])c([2H])c5c5c([2H])c([2H])c6c7c([2H])c([2H])c([2H])c([2H])c7n(-c7c([2H])c([2H])c8oc9c([2H])c([2H])c([2H])c(-c%10c([2H])c([2H])c([2H])c([2H])c%10[2H])c9c8c7[2H])c6c54)n3)cc2)cc1. The molecule has 0 atom stereocenters. The van der Waals surface area contributed by atoms with Crippen LogP contribution in [0.25, 0.3) is 122 Å². The lowest BCUT2D eigenvalue weighted by Gasteiger charge is -2.13. The molecule has 0 saturated carbocycles. The van der Waals surface area contributed by atoms with Crippen LogP contribution in [0, 0.1) is 0 Å². The van der Waals surface area contributed by atoms with Crippen molar-refractivity contribution in [1.82, 2.24) is 24.1 Å². The van der Waals surface area contributed by atoms with Crippen molar-refractivity contribution in [3.05, 3.63) is 212 Å². The molecule has 4 heterocycles. The first-order valence-corrected chi connectivity index (χ1v) is 19.4. The zero-order valence-electron chi connectivity index (χ0n) is 54.1. The minimum absolute atomic E-state index is 0.0126. The number of hydrogen-bond acceptors (Lipinski definition) is 4. The Labute approximate surface area is 392 Å². The van der Waals surface area contributed by atoms with Crippen molar-refractivity contribution in [2.45, 2.75) is 0 Å². The first kappa shape index (κ1) is 19.8. The molecule has 13 aromatic rings. The minimum Gasteiger partial charge on any atom is -0.456 e. The third kappa shape index (κ3) is 5.55. The van der Waals surface area contributed by atoms with Crippen LogP contribution in [0.15, 0.2) is 216 Å². The number of benzene rings is 9. The van der Waals surface area contributed by atoms with Gasteiger partial charge in [-0.3, -0.25) is 4.57 Å². The van der Waals surface area contributed by atoms with Gasteiger partial charge in [0.25, 0.3) is 0 Å². The summed E-state index contributed by atoms with van der Waals surface area (Å²) in [6.45, 7) is 0. The van der Waals surface area contributed by atoms with E-state index in [-0.39, 0.29) is 39.4 Å². The number of rotatable bonds is 6. The Bertz CT molecular complexity index is 5170. The molecule has 63 heavy (non-hydrogen) atoms. The molecule has 0 fully saturated rings. The summed E-state index contributed by atoms with van der Waals surface area (Å²) in [4.78, 5) is 14.8. The van der Waals surface area contributed by atoms with Gasteiger partial charge in [0, 0.05) is 49.1 Å². The number of para-hydroxylation sites is 2. The summed E-state index contributed by atoms with van der Waals surface area (Å²) in [5.41, 5.74) is -2.37. The second-order valence-corrected chi connectivity index (χ2v) is 14.3. The van der Waals surface area contributed by atoms with Gasteiger partial charge >= 0.3 is 0 Å². The normalized spacial score (nSPS) is 16.7. The molecule has 0 saturated heterocycles. The van der Waals surface area contributed by atoms with Gasteiger partial charge in [-0.25, -0.2) is 4.98 Å². The van der Waals surface area contributed by atoms with Crippen LogP contribution in [0.1, 0.15) is 30.2 Å². The molecule has 6 nitrogen and oxygen atoms in total. The van der Waals surface area contributed by atoms with Crippen LogP contribution in [-0.2, 0) is 0 Å². The second kappa shape index (κ2) is 14.0. The van der Waals surface area contributed by atoms with E-state index in [2.05, 4.69) is 0 Å². The zero-order valence-corrected chi connectivity index (χ0v) is 32.1. The van der Waals surface area contributed by atoms with Gasteiger partial charge in [0.15, 0.2) is 11.6 Å². The van der Waals surface area contributed by atoms with Gasteiger partial charge in [0.1, 0.15) is 11.2 Å². The summed E-state index contributed by atoms with van der Waals surface area (Å²) in [5.74, 6) is -0.329. The molecule has 6 heteroatoms. The van der Waals surface area contributed by atoms with Crippen molar-refractivity contribution in [1.29, 1.82) is 0 Å². The lowest BCUT2D eigenvalue weighted by molar-refractivity contribution is 0.669. The van der Waals surface area contributed by atoms with E-state index in [1.54, 1.807) is 78.9 Å². The van der Waals surface area contributed by atoms with Crippen LogP contribution in [0.2, 0.25) is 0 Å². The molecule has 0 spiro atoms. The lowest BCUT2D eigenvalue weighted by Crippen LogP contribution is -2.07. The first-order valence-electron chi connectivity index (χ1n) is 30.4. The van der Waals surface area contributed by atoms with Crippen LogP contribution in [0.3, 0.4) is 0 Å². The van der Waals surface area contributed by atoms with E-state index >= 15 is 0 Å². The Morgan fingerprint density at radius 2 is 1.00 bits per heavy atom. The van der Waals surface area contributed by atoms with Gasteiger partial charge in [-0.2, -0.15) is 9.97 Å². The number of hydrogen-bond donors (Lipinski definition) is 0. The standard InChI is InChI=1S/C57H35N5O/c1-4-15-36(16-5-1)37-27-29-40(30-28-37)56-58-55(39-19-8-3-9-20-39)59-57(60-56)62-49-25-13-11-22-44(49)46-33-32-45-43-21-10-12-24-48(43)61(53(45)54(46)62)41-31-34-50-47(35-41)52-42(23-14-26-51(52)63-50)38-17-6-2-7-18-38/h1-35H/i1D,2D,6D,7D,10D,11D,12D,13D,14D,17D,18D,21D,22D,23D,24D,25D,26D,31D,32D,33D,34D,35D. The molecule has 0 unspecified atom stereocenters. The zero-order chi connectivity index (χ0) is 60.6. The van der Waals surface area contributed by atoms with Crippen LogP contribution >= 0.6 is 0 Å². The Hall–Kier alpha value is -8.61. The topological polar surface area (TPSA) is 61.7 Å². The highest BCUT2D eigenvalue weighted by molar-refractivity contribution is 6.24. The van der Waals surface area contributed by atoms with Gasteiger partial charge in [0.05, 0.1) is 52.2 Å². The fourth-order valence-electron chi connectivity index (χ4n) is 8.05. The maximum atomic E-state index is 10.3. The fraction of sp³-hybridized carbons (Fsp3) is 0. The summed E-state index contributed by atoms with van der Waals surface area (Å²) < 4.78 is 210. The molecule has 0 aliphatic carbocycles. The number of furan rings is 1. The van der Waals surface area contributed by atoms with Crippen LogP contribution in [0.5, 0.6) is 0 Å². The van der Waals surface area contributed by atoms with Crippen LogP contribution in [-0.4, -0.2) is 24.1 Å². The molecule has 9 aromatic carbocycles. The highest BCUT2D eigenvalue weighted by Crippen LogP contribution is 2.43. The molecule has 4 aromatic heterocycles. The molecular weight excluding hydrogens is 771 g/mol. The number of nitrogens with zero attached hydrogens (tertiary/aromatic N) is 5. The monoisotopic (exact) mass is 827 g/mol. The molecule has 0 aliphatic heterocycles. The van der Waals surface area contributed by atoms with Crippen molar-refractivity contribution in [3.8, 4) is 56.7 Å². The quantitative estimate of drug-likeness (QED) is 0.167. The average Bonchev–Trinajstić information content (AvgIpc) is 1.62. The summed E-state index contributed by atoms with van der Waals surface area (Å²) in [7, 11) is 0. The van der Waals surface area contributed by atoms with E-state index in [1.807, 2.05) is 0 Å². The number of aromatic nitrogens is 5. The van der Waals surface area contributed by atoms with E-state index < -0.39 is 187 Å². The fourth-order valence-corrected chi connectivity index (χ4v) is 8.05. The predicted octanol–water partition coefficient (Wildman–Crippen LogP) is 14.6. The first-order chi connectivity index (χ1) is 40.4. The van der Waals surface area contributed by atoms with Crippen molar-refractivity contribution in [2.24, 2.45) is 0 Å². The Kier molecular flexibility index (Phi) is 4.40. The Morgan fingerprint density at radius 1 is 0.397 bits per heavy atom. The molecule has 13 rings (SSSR count). The van der Waals surface area contributed by atoms with E-state index in [4.69, 9.17) is 35.8 Å². The van der Waals surface area contributed by atoms with Crippen molar-refractivity contribution in [2.75, 3.05) is 0 Å². The van der Waals surface area contributed by atoms with Crippen LogP contribution in [0.4, 0.5) is 0 Å². The van der Waals surface area contributed by atoms with Gasteiger partial charge < -0.3 is 8.98 Å². The largest absolute Gasteiger partial charge is 0.456 e. The molecule has 0 radical (unpaired) electrons. The maximum Gasteiger partial charge on any atom is 0.238 e. The third-order valence-electron chi connectivity index (χ3n) is 10.8. The molecule has 294 valence electrons. The third-order valence-corrected chi connectivity index (χ3v) is 10.8. The Morgan fingerprint density at radius 3 is 1.73 bits per heavy atom. The minimum atomic E-state index is -0.898. The summed E-state index contributed by atoms with van der Waals surface area (Å²) in [5, 5.41) is -2.57. The van der Waals surface area contributed by atoms with E-state index in [0.29, 0.717) is 17.2 Å². The molecular formula is C57H35N5O. The number of fused-ring (bicyclic) bond motifs is 10. The van der Waals surface area contributed by atoms with E-state index in [1.165, 1.54) is 4.57 Å². The van der Waals surface area contributed by atoms with E-state index in [9.17, 15) is 13.7 Å². The summed E-state index contributed by atoms with van der Waals surface area (Å²) in [6, 6.07) is 5.97. The van der Waals surface area contributed by atoms with Gasteiger partial charge in [-0.05, 0) is 58.5 Å². The van der Waals surface area contributed by atoms with Gasteiger partial charge in [-0.1, -0.05) is 176 Å². The summed E-state index contributed by atoms with van der Waals surface area (Å²) in [6.07, 6.45) is 0. The van der Waals surface area contributed by atoms with Crippen LogP contribution < -0.4 is 0 Å². The van der Waals surface area contributed by atoms with Gasteiger partial charge in [0.2, 0.25) is 5.95 Å². The highest BCUT2D eigenvalue weighted by Gasteiger charge is 2.24. The Balaban J connectivity index is 1.27. The molecule has 0 amide bonds. The summed E-state index contributed by atoms with van der Waals surface area (Å²) >= 11 is 0. The smallest absolute Gasteiger partial charge is 0.238 e. The lowest BCUT2D eigenvalue weighted by atomic mass is 9.99. The van der Waals surface area contributed by atoms with E-state index in [0.717, 1.165) is 15.7 Å². The molecule has 0 N–H and O–H groups in total. The maximum absolute atomic E-state index is 10.3. The van der Waals surface area contributed by atoms with Crippen molar-refractivity contribution < 1.29 is 34.6 Å². The molecule has 0 aliphatic rings. The van der Waals surface area contributed by atoms with Crippen molar-refractivity contribution >= 4 is 65.6 Å². The van der Waals surface area contributed by atoms with Crippen molar-refractivity contribution in [3.63, 3.8) is 0 Å². The average molecular weight is 828 g/mol.